The van der Waals surface area contributed by atoms with E-state index in [1.165, 1.54) is 5.56 Å². The zero-order valence-electron chi connectivity index (χ0n) is 11.5. The molecule has 0 aliphatic rings. The third-order valence-corrected chi connectivity index (χ3v) is 3.11. The first-order valence-corrected chi connectivity index (χ1v) is 7.49. The Morgan fingerprint density at radius 2 is 1.62 bits per heavy atom. The van der Waals surface area contributed by atoms with Gasteiger partial charge in [0.2, 0.25) is 0 Å². The fourth-order valence-electron chi connectivity index (χ4n) is 1.69. The molecule has 1 aromatic heterocycles. The van der Waals surface area contributed by atoms with E-state index in [9.17, 15) is 0 Å². The van der Waals surface area contributed by atoms with Gasteiger partial charge in [0.1, 0.15) is 0 Å². The molecule has 2 rings (SSSR count). The van der Waals surface area contributed by atoms with E-state index in [0.717, 1.165) is 12.1 Å². The number of hydrogen-bond donors (Lipinski definition) is 4. The Morgan fingerprint density at radius 1 is 1.00 bits per heavy atom. The molecule has 2 aromatic rings. The number of nitrogens with two attached hydrogens (primary N) is 1. The first-order valence-electron chi connectivity index (χ1n) is 6.55. The first-order chi connectivity index (χ1) is 10.2. The molecule has 5 N–H and O–H groups in total. The van der Waals surface area contributed by atoms with Crippen LogP contribution in [0.3, 0.4) is 0 Å². The summed E-state index contributed by atoms with van der Waals surface area (Å²) in [6.45, 7) is 1.14. The Morgan fingerprint density at radius 3 is 2.24 bits per heavy atom. The number of nitrogen functional groups attached to an aromatic ring is 1. The second-order valence-corrected chi connectivity index (χ2v) is 5.19. The van der Waals surface area contributed by atoms with Crippen molar-refractivity contribution in [1.82, 2.24) is 15.0 Å². The number of aliphatic hydroxyl groups excluding tert-OH is 1. The predicted molar refractivity (Wildman–Crippen MR) is 83.8 cm³/mol. The predicted octanol–water partition coefficient (Wildman–Crippen LogP) is -0.694. The minimum absolute atomic E-state index is 0.0273. The van der Waals surface area contributed by atoms with Gasteiger partial charge in [0.15, 0.2) is 0 Å². The summed E-state index contributed by atoms with van der Waals surface area (Å²) in [7, 11) is 0. The topological polar surface area (TPSA) is 109 Å². The molecule has 21 heavy (non-hydrogen) atoms. The van der Waals surface area contributed by atoms with Crippen LogP contribution in [0, 0.1) is 0 Å². The van der Waals surface area contributed by atoms with E-state index < -0.39 is 0 Å². The van der Waals surface area contributed by atoms with Crippen LogP contribution >= 0.6 is 0 Å². The van der Waals surface area contributed by atoms with Crippen molar-refractivity contribution in [3.8, 4) is 0 Å². The fraction of sp³-hybridized carbons (Fsp3) is 0.308. The third kappa shape index (κ3) is 5.21. The van der Waals surface area contributed by atoms with Crippen LogP contribution in [0.15, 0.2) is 24.3 Å². The normalized spacial score (nSPS) is 10.4. The molecule has 0 saturated heterocycles. The van der Waals surface area contributed by atoms with Gasteiger partial charge in [-0.1, -0.05) is 0 Å². The van der Waals surface area contributed by atoms with Crippen molar-refractivity contribution in [2.24, 2.45) is 0 Å². The van der Waals surface area contributed by atoms with Crippen LogP contribution in [-0.4, -0.2) is 56.6 Å². The Balaban J connectivity index is 1.90. The standard InChI is InChI=1S/C13H17AsN6O/c14-11-18-12(20-13(19-11)17-7-8-21)16-6-5-9-1-3-10(15)4-2-9/h1-4,21H,5-8,15H2,(H2,16,17,18,19,20). The van der Waals surface area contributed by atoms with Gasteiger partial charge in [0, 0.05) is 0 Å². The summed E-state index contributed by atoms with van der Waals surface area (Å²) >= 11 is 2.28. The van der Waals surface area contributed by atoms with E-state index in [0.29, 0.717) is 29.6 Å². The molecule has 0 atom stereocenters. The third-order valence-electron chi connectivity index (χ3n) is 2.70. The summed E-state index contributed by atoms with van der Waals surface area (Å²) in [5.74, 6) is 0.959. The van der Waals surface area contributed by atoms with Crippen molar-refractivity contribution in [3.63, 3.8) is 0 Å². The number of aliphatic hydroxyl groups is 1. The molecule has 0 fully saturated rings. The maximum atomic E-state index is 8.79. The Kier molecular flexibility index (Phi) is 5.77. The summed E-state index contributed by atoms with van der Waals surface area (Å²) in [6, 6.07) is 7.77. The van der Waals surface area contributed by atoms with Gasteiger partial charge in [-0.2, -0.15) is 0 Å². The summed E-state index contributed by atoms with van der Waals surface area (Å²) in [5, 5.41) is 14.9. The summed E-state index contributed by atoms with van der Waals surface area (Å²) < 4.78 is 0.563. The summed E-state index contributed by atoms with van der Waals surface area (Å²) in [5.41, 5.74) is 7.60. The zero-order chi connectivity index (χ0) is 15.1. The van der Waals surface area contributed by atoms with Gasteiger partial charge in [-0.25, -0.2) is 0 Å². The van der Waals surface area contributed by atoms with Crippen LogP contribution in [0.4, 0.5) is 17.6 Å². The van der Waals surface area contributed by atoms with Crippen LogP contribution in [0.5, 0.6) is 0 Å². The van der Waals surface area contributed by atoms with Crippen LogP contribution in [0.25, 0.3) is 0 Å². The SMILES string of the molecule is Nc1ccc(CCNc2nc([As])nc(NCCO)n2)cc1. The van der Waals surface area contributed by atoms with Gasteiger partial charge in [0.25, 0.3) is 0 Å². The van der Waals surface area contributed by atoms with E-state index in [1.54, 1.807) is 0 Å². The number of benzene rings is 1. The van der Waals surface area contributed by atoms with Gasteiger partial charge < -0.3 is 0 Å². The van der Waals surface area contributed by atoms with E-state index in [1.807, 2.05) is 24.3 Å². The second-order valence-electron chi connectivity index (χ2n) is 4.35. The molecule has 2 radical (unpaired) electrons. The summed E-state index contributed by atoms with van der Waals surface area (Å²) in [4.78, 5) is 12.6. The average molecular weight is 348 g/mol. The monoisotopic (exact) mass is 348 g/mol. The van der Waals surface area contributed by atoms with E-state index in [4.69, 9.17) is 10.8 Å². The Bertz CT molecular complexity index is 577. The molecule has 0 spiro atoms. The number of hydrogen-bond acceptors (Lipinski definition) is 7. The number of anilines is 3. The van der Waals surface area contributed by atoms with E-state index in [-0.39, 0.29) is 6.61 Å². The molecule has 0 saturated carbocycles. The van der Waals surface area contributed by atoms with Gasteiger partial charge >= 0.3 is 131 Å². The quantitative estimate of drug-likeness (QED) is 0.387. The van der Waals surface area contributed by atoms with Crippen molar-refractivity contribution in [3.05, 3.63) is 29.8 Å². The molecule has 0 amide bonds. The summed E-state index contributed by atoms with van der Waals surface area (Å²) in [6.07, 6.45) is 0.846. The van der Waals surface area contributed by atoms with Crippen LogP contribution in [0.1, 0.15) is 5.56 Å². The molecule has 1 heterocycles. The Labute approximate surface area is 131 Å². The molecule has 0 aliphatic carbocycles. The maximum absolute atomic E-state index is 8.79. The average Bonchev–Trinajstić information content (AvgIpc) is 2.47. The number of nitrogens with one attached hydrogen (secondary N) is 2. The van der Waals surface area contributed by atoms with Gasteiger partial charge in [0.05, 0.1) is 0 Å². The van der Waals surface area contributed by atoms with Crippen LogP contribution < -0.4 is 21.0 Å². The van der Waals surface area contributed by atoms with Crippen molar-refractivity contribution in [2.75, 3.05) is 36.1 Å². The van der Waals surface area contributed by atoms with Crippen molar-refractivity contribution in [1.29, 1.82) is 0 Å². The van der Waals surface area contributed by atoms with Crippen molar-refractivity contribution in [2.45, 2.75) is 6.42 Å². The molecule has 0 unspecified atom stereocenters. The number of nitrogens with zero attached hydrogens (tertiary/aromatic N) is 3. The van der Waals surface area contributed by atoms with Gasteiger partial charge in [-0.3, -0.25) is 0 Å². The molecule has 0 bridgehead atoms. The second kappa shape index (κ2) is 7.81. The molecular weight excluding hydrogens is 331 g/mol. The number of rotatable bonds is 7. The zero-order valence-corrected chi connectivity index (χ0v) is 13.3. The van der Waals surface area contributed by atoms with Gasteiger partial charge in [-0.05, 0) is 0 Å². The van der Waals surface area contributed by atoms with E-state index >= 15 is 0 Å². The molecule has 7 nitrogen and oxygen atoms in total. The van der Waals surface area contributed by atoms with Gasteiger partial charge in [-0.15, -0.1) is 0 Å². The minimum atomic E-state index is 0.0273. The fourth-order valence-corrected chi connectivity index (χ4v) is 2.09. The van der Waals surface area contributed by atoms with Crippen LogP contribution in [-0.2, 0) is 6.42 Å². The molecule has 1 aromatic carbocycles. The Hall–Kier alpha value is -1.85. The molecular formula is C13H17AsN6O. The van der Waals surface area contributed by atoms with Crippen molar-refractivity contribution < 1.29 is 5.11 Å². The van der Waals surface area contributed by atoms with Crippen molar-refractivity contribution >= 4 is 39.0 Å². The molecule has 8 heteroatoms. The van der Waals surface area contributed by atoms with Crippen LogP contribution in [0.2, 0.25) is 0 Å². The molecule has 0 aliphatic heterocycles. The molecule has 110 valence electrons. The number of aromatic nitrogens is 3. The van der Waals surface area contributed by atoms with E-state index in [2.05, 4.69) is 42.4 Å². The first kappa shape index (κ1) is 15.5.